The number of hydrogen-bond acceptors (Lipinski definition) is 3. The summed E-state index contributed by atoms with van der Waals surface area (Å²) >= 11 is 0. The number of Topliss-reactive ketones (excluding diaryl/α,β-unsaturated/α-hetero) is 1. The molecule has 1 aromatic rings. The highest BCUT2D eigenvalue weighted by atomic mass is 19.4. The fraction of sp³-hybridized carbons (Fsp3) is 0.200. The fourth-order valence-corrected chi connectivity index (χ4v) is 1.12. The van der Waals surface area contributed by atoms with E-state index in [0.29, 0.717) is 0 Å². The number of carboxylic acid groups (broad SMARTS) is 1. The van der Waals surface area contributed by atoms with Crippen LogP contribution in [0.25, 0.3) is 0 Å². The predicted molar refractivity (Wildman–Crippen MR) is 45.2 cm³/mol. The number of carboxylic acids is 1. The van der Waals surface area contributed by atoms with Gasteiger partial charge in [-0.1, -0.05) is 18.2 Å². The van der Waals surface area contributed by atoms with Crippen LogP contribution >= 0.6 is 0 Å². The Labute approximate surface area is 88.5 Å². The summed E-state index contributed by atoms with van der Waals surface area (Å²) in [5, 5.41) is 10.1. The van der Waals surface area contributed by atoms with Crippen LogP contribution in [-0.2, 0) is 22.2 Å². The molecule has 0 bridgehead atoms. The second-order valence-electron chi connectivity index (χ2n) is 3.09. The highest BCUT2D eigenvalue weighted by Gasteiger charge is 2.30. The van der Waals surface area contributed by atoms with Gasteiger partial charge in [0.2, 0.25) is 0 Å². The number of aliphatic carboxylic acids is 1. The van der Waals surface area contributed by atoms with Gasteiger partial charge < -0.3 is 9.90 Å². The van der Waals surface area contributed by atoms with Crippen molar-refractivity contribution >= 4 is 11.8 Å². The van der Waals surface area contributed by atoms with E-state index in [0.717, 1.165) is 18.2 Å². The van der Waals surface area contributed by atoms with Gasteiger partial charge in [0.15, 0.2) is 5.78 Å². The van der Waals surface area contributed by atoms with Crippen molar-refractivity contribution in [1.82, 2.24) is 0 Å². The van der Waals surface area contributed by atoms with Gasteiger partial charge in [-0.2, -0.15) is 13.2 Å². The van der Waals surface area contributed by atoms with Crippen molar-refractivity contribution < 1.29 is 27.9 Å². The minimum atomic E-state index is -4.51. The molecule has 0 aromatic heterocycles. The summed E-state index contributed by atoms with van der Waals surface area (Å²) < 4.78 is 36.8. The molecule has 86 valence electrons. The van der Waals surface area contributed by atoms with Crippen LogP contribution in [0.15, 0.2) is 24.3 Å². The summed E-state index contributed by atoms with van der Waals surface area (Å²) in [6.07, 6.45) is -5.12. The van der Waals surface area contributed by atoms with Gasteiger partial charge in [-0.05, 0) is 11.6 Å². The first-order valence-corrected chi connectivity index (χ1v) is 4.21. The molecule has 0 unspecified atom stereocenters. The maximum absolute atomic E-state index is 12.3. The van der Waals surface area contributed by atoms with Crippen molar-refractivity contribution in [3.63, 3.8) is 0 Å². The number of halogens is 3. The van der Waals surface area contributed by atoms with E-state index in [4.69, 9.17) is 0 Å². The standard InChI is InChI=1S/C10H7F3O3/c11-10(12,13)7-3-1-2-6(4-7)5-8(14)9(15)16/h1-4H,5H2,(H,15,16)/p-1. The lowest BCUT2D eigenvalue weighted by atomic mass is 10.1. The number of carbonyl (C=O) groups excluding carboxylic acids is 2. The average molecular weight is 231 g/mol. The molecule has 0 fully saturated rings. The van der Waals surface area contributed by atoms with Gasteiger partial charge in [-0.25, -0.2) is 0 Å². The first-order valence-electron chi connectivity index (χ1n) is 4.21. The lowest BCUT2D eigenvalue weighted by molar-refractivity contribution is -0.299. The van der Waals surface area contributed by atoms with Crippen LogP contribution in [0.5, 0.6) is 0 Å². The normalized spacial score (nSPS) is 11.2. The number of carbonyl (C=O) groups is 2. The molecule has 0 aliphatic carbocycles. The monoisotopic (exact) mass is 231 g/mol. The molecular formula is C10H6F3O3-. The van der Waals surface area contributed by atoms with E-state index in [1.807, 2.05) is 0 Å². The molecule has 0 saturated heterocycles. The summed E-state index contributed by atoms with van der Waals surface area (Å²) in [5.74, 6) is -3.16. The van der Waals surface area contributed by atoms with Gasteiger partial charge in [0.25, 0.3) is 0 Å². The Kier molecular flexibility index (Phi) is 3.31. The van der Waals surface area contributed by atoms with Crippen LogP contribution in [0.1, 0.15) is 11.1 Å². The van der Waals surface area contributed by atoms with E-state index in [2.05, 4.69) is 0 Å². The minimum Gasteiger partial charge on any atom is -0.542 e. The van der Waals surface area contributed by atoms with Crippen LogP contribution in [0.4, 0.5) is 13.2 Å². The molecule has 0 N–H and O–H groups in total. The lowest BCUT2D eigenvalue weighted by Crippen LogP contribution is -2.32. The van der Waals surface area contributed by atoms with Gasteiger partial charge in [-0.15, -0.1) is 0 Å². The van der Waals surface area contributed by atoms with Gasteiger partial charge in [-0.3, -0.25) is 4.79 Å². The zero-order chi connectivity index (χ0) is 12.3. The molecular weight excluding hydrogens is 225 g/mol. The molecule has 1 rings (SSSR count). The Bertz CT molecular complexity index is 424. The quantitative estimate of drug-likeness (QED) is 0.714. The molecule has 0 heterocycles. The van der Waals surface area contributed by atoms with Crippen LogP contribution < -0.4 is 5.11 Å². The first kappa shape index (κ1) is 12.2. The lowest BCUT2D eigenvalue weighted by Gasteiger charge is -2.08. The summed E-state index contributed by atoms with van der Waals surface area (Å²) in [6.45, 7) is 0. The molecule has 0 saturated carbocycles. The highest BCUT2D eigenvalue weighted by Crippen LogP contribution is 2.29. The number of benzene rings is 1. The third kappa shape index (κ3) is 3.08. The zero-order valence-electron chi connectivity index (χ0n) is 7.88. The van der Waals surface area contributed by atoms with E-state index < -0.39 is 29.9 Å². The third-order valence-electron chi connectivity index (χ3n) is 1.85. The summed E-state index contributed by atoms with van der Waals surface area (Å²) in [6, 6.07) is 3.94. The van der Waals surface area contributed by atoms with E-state index in [9.17, 15) is 27.9 Å². The van der Waals surface area contributed by atoms with E-state index in [1.54, 1.807) is 0 Å². The first-order chi connectivity index (χ1) is 7.30. The minimum absolute atomic E-state index is 0.0102. The summed E-state index contributed by atoms with van der Waals surface area (Å²) in [7, 11) is 0. The van der Waals surface area contributed by atoms with Gasteiger partial charge >= 0.3 is 6.18 Å². The SMILES string of the molecule is O=C([O-])C(=O)Cc1cccc(C(F)(F)F)c1. The maximum Gasteiger partial charge on any atom is 0.416 e. The third-order valence-corrected chi connectivity index (χ3v) is 1.85. The van der Waals surface area contributed by atoms with Gasteiger partial charge in [0.1, 0.15) is 5.97 Å². The van der Waals surface area contributed by atoms with Crippen molar-refractivity contribution in [3.05, 3.63) is 35.4 Å². The zero-order valence-corrected chi connectivity index (χ0v) is 7.88. The Morgan fingerprint density at radius 1 is 1.25 bits per heavy atom. The van der Waals surface area contributed by atoms with Crippen molar-refractivity contribution in [3.8, 4) is 0 Å². The number of ketones is 1. The van der Waals surface area contributed by atoms with E-state index in [1.165, 1.54) is 6.07 Å². The Hall–Kier alpha value is -1.85. The number of rotatable bonds is 3. The number of hydrogen-bond donors (Lipinski definition) is 0. The molecule has 0 spiro atoms. The Morgan fingerprint density at radius 2 is 1.88 bits per heavy atom. The van der Waals surface area contributed by atoms with Crippen molar-refractivity contribution in [2.75, 3.05) is 0 Å². The van der Waals surface area contributed by atoms with Crippen LogP contribution in [0, 0.1) is 0 Å². The largest absolute Gasteiger partial charge is 0.542 e. The second kappa shape index (κ2) is 4.34. The molecule has 1 aromatic carbocycles. The maximum atomic E-state index is 12.3. The molecule has 16 heavy (non-hydrogen) atoms. The van der Waals surface area contributed by atoms with Crippen LogP contribution in [-0.4, -0.2) is 11.8 Å². The smallest absolute Gasteiger partial charge is 0.416 e. The molecule has 0 aliphatic heterocycles. The molecule has 3 nitrogen and oxygen atoms in total. The van der Waals surface area contributed by atoms with Crippen molar-refractivity contribution in [1.29, 1.82) is 0 Å². The van der Waals surface area contributed by atoms with Crippen molar-refractivity contribution in [2.24, 2.45) is 0 Å². The molecule has 0 amide bonds. The van der Waals surface area contributed by atoms with E-state index in [-0.39, 0.29) is 5.56 Å². The molecule has 0 radical (unpaired) electrons. The summed E-state index contributed by atoms with van der Waals surface area (Å²) in [4.78, 5) is 20.8. The molecule has 6 heteroatoms. The van der Waals surface area contributed by atoms with Crippen LogP contribution in [0.2, 0.25) is 0 Å². The predicted octanol–water partition coefficient (Wildman–Crippen LogP) is 0.567. The average Bonchev–Trinajstić information content (AvgIpc) is 2.16. The van der Waals surface area contributed by atoms with Gasteiger partial charge in [0.05, 0.1) is 5.56 Å². The van der Waals surface area contributed by atoms with Gasteiger partial charge in [0, 0.05) is 6.42 Å². The van der Waals surface area contributed by atoms with Crippen molar-refractivity contribution in [2.45, 2.75) is 12.6 Å². The number of alkyl halides is 3. The molecule has 0 atom stereocenters. The van der Waals surface area contributed by atoms with Crippen LogP contribution in [0.3, 0.4) is 0 Å². The fourth-order valence-electron chi connectivity index (χ4n) is 1.12. The highest BCUT2D eigenvalue weighted by molar-refractivity contribution is 6.32. The summed E-state index contributed by atoms with van der Waals surface area (Å²) in [5.41, 5.74) is -0.930. The molecule has 0 aliphatic rings. The Balaban J connectivity index is 2.92. The topological polar surface area (TPSA) is 57.2 Å². The Morgan fingerprint density at radius 3 is 2.38 bits per heavy atom. The van der Waals surface area contributed by atoms with E-state index >= 15 is 0 Å². The second-order valence-corrected chi connectivity index (χ2v) is 3.09.